The van der Waals surface area contributed by atoms with Crippen molar-refractivity contribution in [3.05, 3.63) is 149 Å². The first-order valence-corrected chi connectivity index (χ1v) is 16.5. The Balaban J connectivity index is 1.36. The molecule has 1 aliphatic heterocycles. The largest absolute Gasteiger partial charge is 0.489 e. The zero-order valence-electron chi connectivity index (χ0n) is 25.2. The Kier molecular flexibility index (Phi) is 9.37. The highest BCUT2D eigenvalue weighted by molar-refractivity contribution is 7.10. The number of aromatic nitrogens is 1. The molecule has 8 nitrogen and oxygen atoms in total. The van der Waals surface area contributed by atoms with E-state index in [-0.39, 0.29) is 18.1 Å². The van der Waals surface area contributed by atoms with E-state index in [4.69, 9.17) is 19.2 Å². The van der Waals surface area contributed by atoms with E-state index < -0.39 is 12.0 Å². The van der Waals surface area contributed by atoms with Crippen molar-refractivity contribution in [3.8, 4) is 5.75 Å². The van der Waals surface area contributed by atoms with Crippen LogP contribution in [-0.4, -0.2) is 29.7 Å². The van der Waals surface area contributed by atoms with Gasteiger partial charge in [-0.15, -0.1) is 11.3 Å². The van der Waals surface area contributed by atoms with E-state index in [1.807, 2.05) is 90.3 Å². The van der Waals surface area contributed by atoms with Crippen LogP contribution < -0.4 is 19.6 Å². The quantitative estimate of drug-likeness (QED) is 0.179. The topological polar surface area (TPSA) is 96.2 Å². The van der Waals surface area contributed by atoms with Gasteiger partial charge in [-0.1, -0.05) is 72.0 Å². The molecular formula is C36H30N2O6S2. The Morgan fingerprint density at radius 1 is 0.891 bits per heavy atom. The van der Waals surface area contributed by atoms with Crippen LogP contribution in [0.4, 0.5) is 0 Å². The summed E-state index contributed by atoms with van der Waals surface area (Å²) in [5, 5.41) is 1.93. The highest BCUT2D eigenvalue weighted by Crippen LogP contribution is 2.36. The molecule has 0 aliphatic carbocycles. The van der Waals surface area contributed by atoms with Crippen molar-refractivity contribution in [2.24, 2.45) is 4.99 Å². The van der Waals surface area contributed by atoms with Crippen molar-refractivity contribution < 1.29 is 23.8 Å². The molecule has 0 fully saturated rings. The number of thiophene rings is 1. The van der Waals surface area contributed by atoms with E-state index >= 15 is 0 Å². The summed E-state index contributed by atoms with van der Waals surface area (Å²) in [6, 6.07) is 27.2. The minimum absolute atomic E-state index is 0.198. The van der Waals surface area contributed by atoms with Gasteiger partial charge in [-0.05, 0) is 66.8 Å². The molecular weight excluding hydrogens is 621 g/mol. The first-order valence-electron chi connectivity index (χ1n) is 14.8. The second-order valence-corrected chi connectivity index (χ2v) is 12.2. The van der Waals surface area contributed by atoms with Gasteiger partial charge in [0.25, 0.3) is 5.56 Å². The normalized spacial score (nSPS) is 14.4. The van der Waals surface area contributed by atoms with Crippen molar-refractivity contribution in [3.63, 3.8) is 0 Å². The molecule has 10 heteroatoms. The van der Waals surface area contributed by atoms with Gasteiger partial charge in [0.05, 0.1) is 34.6 Å². The average molecular weight is 651 g/mol. The lowest BCUT2D eigenvalue weighted by Gasteiger charge is -2.24. The number of ether oxygens (including phenoxy) is 3. The number of rotatable bonds is 10. The minimum Gasteiger partial charge on any atom is -0.489 e. The van der Waals surface area contributed by atoms with E-state index in [0.29, 0.717) is 45.1 Å². The first-order chi connectivity index (χ1) is 22.5. The van der Waals surface area contributed by atoms with Crippen molar-refractivity contribution in [2.75, 3.05) is 13.2 Å². The fourth-order valence-electron chi connectivity index (χ4n) is 5.12. The summed E-state index contributed by atoms with van der Waals surface area (Å²) in [6.07, 6.45) is 1.81. The molecule has 1 aliphatic rings. The Labute approximate surface area is 273 Å². The molecule has 0 bridgehead atoms. The Hall–Kier alpha value is -5.06. The maximum absolute atomic E-state index is 14.1. The Morgan fingerprint density at radius 2 is 1.65 bits per heavy atom. The fourth-order valence-corrected chi connectivity index (χ4v) is 6.94. The number of hydrogen-bond donors (Lipinski definition) is 0. The number of thiazole rings is 1. The molecule has 0 N–H and O–H groups in total. The summed E-state index contributed by atoms with van der Waals surface area (Å²) in [4.78, 5) is 45.7. The maximum Gasteiger partial charge on any atom is 0.338 e. The van der Waals surface area contributed by atoms with Crippen LogP contribution in [0.2, 0.25) is 0 Å². The molecule has 5 aromatic rings. The van der Waals surface area contributed by atoms with E-state index in [9.17, 15) is 14.4 Å². The molecule has 0 saturated carbocycles. The summed E-state index contributed by atoms with van der Waals surface area (Å²) in [7, 11) is 0. The van der Waals surface area contributed by atoms with Crippen molar-refractivity contribution >= 4 is 46.4 Å². The van der Waals surface area contributed by atoms with Crippen molar-refractivity contribution in [1.29, 1.82) is 0 Å². The minimum atomic E-state index is -0.683. The third kappa shape index (κ3) is 6.49. The SMILES string of the molecule is CCOC(=O)C1=C(c2ccccc2)N=c2s/c(=C\c3cccc(OCc4ccc(C(=O)OCC)cc4)c3)c(=O)n2[C@@H]1c1cccs1. The van der Waals surface area contributed by atoms with Gasteiger partial charge >= 0.3 is 11.9 Å². The lowest BCUT2D eigenvalue weighted by Crippen LogP contribution is -2.39. The van der Waals surface area contributed by atoms with Crippen LogP contribution in [0.5, 0.6) is 5.75 Å². The van der Waals surface area contributed by atoms with Crippen LogP contribution >= 0.6 is 22.7 Å². The van der Waals surface area contributed by atoms with E-state index in [1.165, 1.54) is 22.7 Å². The molecule has 3 heterocycles. The van der Waals surface area contributed by atoms with Gasteiger partial charge in [-0.3, -0.25) is 9.36 Å². The van der Waals surface area contributed by atoms with Crippen LogP contribution in [0.1, 0.15) is 51.8 Å². The van der Waals surface area contributed by atoms with Gasteiger partial charge < -0.3 is 14.2 Å². The third-order valence-corrected chi connectivity index (χ3v) is 9.12. The van der Waals surface area contributed by atoms with Gasteiger partial charge in [0.2, 0.25) is 0 Å². The maximum atomic E-state index is 14.1. The van der Waals surface area contributed by atoms with Crippen LogP contribution in [0.3, 0.4) is 0 Å². The molecule has 0 saturated heterocycles. The number of hydrogen-bond acceptors (Lipinski definition) is 9. The lowest BCUT2D eigenvalue weighted by atomic mass is 9.97. The molecule has 0 amide bonds. The summed E-state index contributed by atoms with van der Waals surface area (Å²) in [5.41, 5.74) is 3.51. The Bertz CT molecular complexity index is 2080. The molecule has 0 spiro atoms. The molecule has 232 valence electrons. The Morgan fingerprint density at radius 3 is 2.37 bits per heavy atom. The van der Waals surface area contributed by atoms with Crippen molar-refractivity contribution in [1.82, 2.24) is 4.57 Å². The van der Waals surface area contributed by atoms with Crippen molar-refractivity contribution in [2.45, 2.75) is 26.5 Å². The van der Waals surface area contributed by atoms with Crippen LogP contribution in [0.15, 0.2) is 112 Å². The van der Waals surface area contributed by atoms with Gasteiger partial charge in [0.1, 0.15) is 18.4 Å². The summed E-state index contributed by atoms with van der Waals surface area (Å²) >= 11 is 2.75. The molecule has 1 atom stereocenters. The lowest BCUT2D eigenvalue weighted by molar-refractivity contribution is -0.138. The van der Waals surface area contributed by atoms with Crippen LogP contribution in [0.25, 0.3) is 11.8 Å². The van der Waals surface area contributed by atoms with Crippen LogP contribution in [-0.2, 0) is 20.9 Å². The molecule has 0 radical (unpaired) electrons. The number of benzene rings is 3. The second-order valence-electron chi connectivity index (χ2n) is 10.2. The fraction of sp³-hybridized carbons (Fsp3) is 0.167. The van der Waals surface area contributed by atoms with Gasteiger partial charge in [0.15, 0.2) is 4.80 Å². The third-order valence-electron chi connectivity index (χ3n) is 7.21. The molecule has 3 aromatic carbocycles. The number of carbonyl (C=O) groups excluding carboxylic acids is 2. The van der Waals surface area contributed by atoms with E-state index in [1.54, 1.807) is 30.5 Å². The van der Waals surface area contributed by atoms with E-state index in [2.05, 4.69) is 0 Å². The zero-order valence-corrected chi connectivity index (χ0v) is 26.8. The van der Waals surface area contributed by atoms with Gasteiger partial charge in [-0.25, -0.2) is 14.6 Å². The average Bonchev–Trinajstić information content (AvgIpc) is 3.72. The standard InChI is InChI=1S/C36H30N2O6S2/c1-3-42-34(40)26-17-15-23(16-18-26)22-44-27-13-8-10-24(20-27)21-29-33(39)38-32(28-14-9-19-45-28)30(35(41)43-4-2)31(37-36(38)46-29)25-11-6-5-7-12-25/h5-21,32H,3-4,22H2,1-2H3/b29-21-/t32-/m1/s1. The highest BCUT2D eigenvalue weighted by Gasteiger charge is 2.35. The molecule has 2 aromatic heterocycles. The summed E-state index contributed by atoms with van der Waals surface area (Å²) in [6.45, 7) is 4.35. The van der Waals surface area contributed by atoms with Gasteiger partial charge in [-0.2, -0.15) is 0 Å². The zero-order chi connectivity index (χ0) is 32.0. The number of fused-ring (bicyclic) bond motifs is 1. The molecule has 0 unspecified atom stereocenters. The number of nitrogens with zero attached hydrogens (tertiary/aromatic N) is 2. The smallest absolute Gasteiger partial charge is 0.338 e. The summed E-state index contributed by atoms with van der Waals surface area (Å²) in [5.74, 6) is -0.232. The molecule has 6 rings (SSSR count). The predicted octanol–water partition coefficient (Wildman–Crippen LogP) is 5.75. The van der Waals surface area contributed by atoms with E-state index in [0.717, 1.165) is 21.6 Å². The van der Waals surface area contributed by atoms with Gasteiger partial charge in [0, 0.05) is 10.4 Å². The second kappa shape index (κ2) is 13.9. The summed E-state index contributed by atoms with van der Waals surface area (Å²) < 4.78 is 18.7. The monoisotopic (exact) mass is 650 g/mol. The number of esters is 2. The molecule has 46 heavy (non-hydrogen) atoms. The predicted molar refractivity (Wildman–Crippen MR) is 179 cm³/mol. The van der Waals surface area contributed by atoms with Crippen LogP contribution in [0, 0.1) is 0 Å². The highest BCUT2D eigenvalue weighted by atomic mass is 32.1. The first kappa shape index (κ1) is 30.9. The number of carbonyl (C=O) groups is 2.